The molecule has 2 rings (SSSR count). The second-order valence-electron chi connectivity index (χ2n) is 8.11. The zero-order chi connectivity index (χ0) is 15.0. The molecule has 3 atom stereocenters. The maximum absolute atomic E-state index is 6.29. The summed E-state index contributed by atoms with van der Waals surface area (Å²) in [7, 11) is 0. The summed E-state index contributed by atoms with van der Waals surface area (Å²) >= 11 is 0. The summed E-state index contributed by atoms with van der Waals surface area (Å²) in [5, 5.41) is 0. The average Bonchev–Trinajstić information content (AvgIpc) is 2.41. The van der Waals surface area contributed by atoms with Gasteiger partial charge in [-0.3, -0.25) is 9.80 Å². The lowest BCUT2D eigenvalue weighted by Crippen LogP contribution is -2.66. The first-order chi connectivity index (χ1) is 9.31. The molecule has 0 aromatic rings. The smallest absolute Gasteiger partial charge is 0.0360 e. The van der Waals surface area contributed by atoms with Crippen LogP contribution in [-0.4, -0.2) is 53.6 Å². The quantitative estimate of drug-likeness (QED) is 0.844. The largest absolute Gasteiger partial charge is 0.329 e. The van der Waals surface area contributed by atoms with Crippen molar-refractivity contribution in [2.45, 2.75) is 65.0 Å². The molecule has 3 unspecified atom stereocenters. The molecule has 118 valence electrons. The van der Waals surface area contributed by atoms with E-state index in [9.17, 15) is 0 Å². The highest BCUT2D eigenvalue weighted by Crippen LogP contribution is 2.41. The van der Waals surface area contributed by atoms with E-state index in [2.05, 4.69) is 44.4 Å². The first-order valence-electron chi connectivity index (χ1n) is 8.51. The third-order valence-electron chi connectivity index (χ3n) is 6.18. The van der Waals surface area contributed by atoms with E-state index in [1.807, 2.05) is 0 Å². The van der Waals surface area contributed by atoms with Crippen LogP contribution in [-0.2, 0) is 0 Å². The lowest BCUT2D eigenvalue weighted by molar-refractivity contribution is -0.0508. The minimum atomic E-state index is 0.266. The number of hydrogen-bond acceptors (Lipinski definition) is 3. The third-order valence-corrected chi connectivity index (χ3v) is 6.18. The lowest BCUT2D eigenvalue weighted by Gasteiger charge is -2.55. The molecule has 2 aliphatic rings. The first-order valence-corrected chi connectivity index (χ1v) is 8.51. The van der Waals surface area contributed by atoms with E-state index >= 15 is 0 Å². The van der Waals surface area contributed by atoms with E-state index in [-0.39, 0.29) is 5.54 Å². The number of hydrogen-bond donors (Lipinski definition) is 1. The minimum absolute atomic E-state index is 0.266. The van der Waals surface area contributed by atoms with Crippen LogP contribution in [0.5, 0.6) is 0 Å². The Bertz CT molecular complexity index is 315. The van der Waals surface area contributed by atoms with Gasteiger partial charge in [-0.2, -0.15) is 0 Å². The molecule has 3 nitrogen and oxygen atoms in total. The molecule has 1 saturated heterocycles. The van der Waals surface area contributed by atoms with Crippen molar-refractivity contribution in [1.29, 1.82) is 0 Å². The Balaban J connectivity index is 2.07. The SMILES string of the molecule is CC1CCCC(CN)(N2CCN(C(C)(C)C)CC2)C1C. The van der Waals surface area contributed by atoms with Crippen LogP contribution in [0.1, 0.15) is 53.9 Å². The van der Waals surface area contributed by atoms with Crippen LogP contribution in [0, 0.1) is 11.8 Å². The van der Waals surface area contributed by atoms with Gasteiger partial charge < -0.3 is 5.73 Å². The highest BCUT2D eigenvalue weighted by Gasteiger charge is 2.45. The summed E-state index contributed by atoms with van der Waals surface area (Å²) in [4.78, 5) is 5.35. The highest BCUT2D eigenvalue weighted by atomic mass is 15.3. The van der Waals surface area contributed by atoms with E-state index in [0.717, 1.165) is 18.4 Å². The fraction of sp³-hybridized carbons (Fsp3) is 1.00. The molecule has 1 aliphatic heterocycles. The van der Waals surface area contributed by atoms with Crippen molar-refractivity contribution in [2.24, 2.45) is 17.6 Å². The zero-order valence-corrected chi connectivity index (χ0v) is 14.3. The van der Waals surface area contributed by atoms with Crippen molar-refractivity contribution in [2.75, 3.05) is 32.7 Å². The Morgan fingerprint density at radius 3 is 2.20 bits per heavy atom. The second kappa shape index (κ2) is 5.94. The molecule has 1 aliphatic carbocycles. The molecule has 0 radical (unpaired) electrons. The molecule has 0 aromatic carbocycles. The predicted molar refractivity (Wildman–Crippen MR) is 86.9 cm³/mol. The van der Waals surface area contributed by atoms with E-state index in [1.54, 1.807) is 0 Å². The van der Waals surface area contributed by atoms with Gasteiger partial charge in [0.05, 0.1) is 0 Å². The number of nitrogens with two attached hydrogens (primary N) is 1. The fourth-order valence-electron chi connectivity index (χ4n) is 4.42. The van der Waals surface area contributed by atoms with Crippen LogP contribution >= 0.6 is 0 Å². The van der Waals surface area contributed by atoms with Gasteiger partial charge in [0.25, 0.3) is 0 Å². The molecule has 1 saturated carbocycles. The Labute approximate surface area is 125 Å². The lowest BCUT2D eigenvalue weighted by atomic mass is 9.67. The van der Waals surface area contributed by atoms with E-state index in [1.165, 1.54) is 45.4 Å². The van der Waals surface area contributed by atoms with Crippen molar-refractivity contribution < 1.29 is 0 Å². The Kier molecular flexibility index (Phi) is 4.83. The third kappa shape index (κ3) is 2.90. The number of rotatable bonds is 2. The van der Waals surface area contributed by atoms with Crippen LogP contribution in [0.2, 0.25) is 0 Å². The summed E-state index contributed by atoms with van der Waals surface area (Å²) in [6, 6.07) is 0. The minimum Gasteiger partial charge on any atom is -0.329 e. The molecule has 2 fully saturated rings. The van der Waals surface area contributed by atoms with Gasteiger partial charge in [-0.25, -0.2) is 0 Å². The zero-order valence-electron chi connectivity index (χ0n) is 14.3. The molecule has 2 N–H and O–H groups in total. The molecule has 0 amide bonds. The molecular weight excluding hydrogens is 246 g/mol. The van der Waals surface area contributed by atoms with Gasteiger partial charge >= 0.3 is 0 Å². The summed E-state index contributed by atoms with van der Waals surface area (Å²) in [6.07, 6.45) is 4.03. The van der Waals surface area contributed by atoms with Gasteiger partial charge in [0.15, 0.2) is 0 Å². The summed E-state index contributed by atoms with van der Waals surface area (Å²) in [6.45, 7) is 17.4. The first kappa shape index (κ1) is 16.3. The van der Waals surface area contributed by atoms with Crippen molar-refractivity contribution in [3.8, 4) is 0 Å². The van der Waals surface area contributed by atoms with Crippen LogP contribution in [0.3, 0.4) is 0 Å². The summed E-state index contributed by atoms with van der Waals surface area (Å²) in [5.41, 5.74) is 6.85. The van der Waals surface area contributed by atoms with Crippen molar-refractivity contribution >= 4 is 0 Å². The van der Waals surface area contributed by atoms with Gasteiger partial charge in [0.1, 0.15) is 0 Å². The van der Waals surface area contributed by atoms with Gasteiger partial charge in [0.2, 0.25) is 0 Å². The second-order valence-corrected chi connectivity index (χ2v) is 8.11. The Morgan fingerprint density at radius 2 is 1.70 bits per heavy atom. The summed E-state index contributed by atoms with van der Waals surface area (Å²) < 4.78 is 0. The van der Waals surface area contributed by atoms with Crippen LogP contribution < -0.4 is 5.73 Å². The van der Waals surface area contributed by atoms with Gasteiger partial charge in [-0.15, -0.1) is 0 Å². The summed E-state index contributed by atoms with van der Waals surface area (Å²) in [5.74, 6) is 1.54. The van der Waals surface area contributed by atoms with Gasteiger partial charge in [0, 0.05) is 43.8 Å². The van der Waals surface area contributed by atoms with Gasteiger partial charge in [-0.1, -0.05) is 26.7 Å². The maximum Gasteiger partial charge on any atom is 0.0360 e. The standard InChI is InChI=1S/C17H35N3/c1-14-7-6-8-17(13-18,15(14)2)20-11-9-19(10-12-20)16(3,4)5/h14-15H,6-13,18H2,1-5H3. The molecule has 20 heavy (non-hydrogen) atoms. The van der Waals surface area contributed by atoms with Crippen molar-refractivity contribution in [3.05, 3.63) is 0 Å². The van der Waals surface area contributed by atoms with E-state index in [0.29, 0.717) is 5.54 Å². The van der Waals surface area contributed by atoms with E-state index < -0.39 is 0 Å². The van der Waals surface area contributed by atoms with E-state index in [4.69, 9.17) is 5.73 Å². The normalized spacial score (nSPS) is 38.1. The van der Waals surface area contributed by atoms with Crippen molar-refractivity contribution in [1.82, 2.24) is 9.80 Å². The number of nitrogens with zero attached hydrogens (tertiary/aromatic N) is 2. The predicted octanol–water partition coefficient (Wildman–Crippen LogP) is 2.56. The topological polar surface area (TPSA) is 32.5 Å². The Hall–Kier alpha value is -0.120. The van der Waals surface area contributed by atoms with Crippen molar-refractivity contribution in [3.63, 3.8) is 0 Å². The van der Waals surface area contributed by atoms with Gasteiger partial charge in [-0.05, 0) is 39.0 Å². The molecule has 1 heterocycles. The molecule has 0 bridgehead atoms. The Morgan fingerprint density at radius 1 is 1.10 bits per heavy atom. The number of piperazine rings is 1. The molecule has 3 heteroatoms. The molecule has 0 aromatic heterocycles. The maximum atomic E-state index is 6.29. The van der Waals surface area contributed by atoms with Crippen LogP contribution in [0.15, 0.2) is 0 Å². The fourth-order valence-corrected chi connectivity index (χ4v) is 4.42. The molecule has 0 spiro atoms. The van der Waals surface area contributed by atoms with Crippen LogP contribution in [0.25, 0.3) is 0 Å². The average molecular weight is 281 g/mol. The monoisotopic (exact) mass is 281 g/mol. The van der Waals surface area contributed by atoms with Crippen LogP contribution in [0.4, 0.5) is 0 Å². The highest BCUT2D eigenvalue weighted by molar-refractivity contribution is 5.02. The molecular formula is C17H35N3.